The number of hydrogen-bond acceptors (Lipinski definition) is 9. The van der Waals surface area contributed by atoms with E-state index in [1.807, 2.05) is 31.4 Å². The number of thiophene rings is 1. The molecular weight excluding hydrogens is 653 g/mol. The first-order valence-electron chi connectivity index (χ1n) is 16.2. The van der Waals surface area contributed by atoms with Crippen LogP contribution in [0.1, 0.15) is 74.8 Å². The third-order valence-corrected chi connectivity index (χ3v) is 11.2. The molecule has 256 valence electrons. The molecule has 2 aliphatic heterocycles. The molecule has 1 unspecified atom stereocenters. The Labute approximate surface area is 288 Å². The normalized spacial score (nSPS) is 21.9. The fourth-order valence-electron chi connectivity index (χ4n) is 6.57. The van der Waals surface area contributed by atoms with E-state index in [0.29, 0.717) is 12.0 Å². The average molecular weight is 695 g/mol. The van der Waals surface area contributed by atoms with Gasteiger partial charge in [0, 0.05) is 27.7 Å². The van der Waals surface area contributed by atoms with Crippen LogP contribution in [0.3, 0.4) is 0 Å². The number of amides is 2. The molecule has 0 saturated carbocycles. The van der Waals surface area contributed by atoms with Crippen LogP contribution in [-0.4, -0.2) is 62.8 Å². The molecule has 1 aromatic heterocycles. The predicted octanol–water partition coefficient (Wildman–Crippen LogP) is 6.70. The molecule has 2 amide bonds. The van der Waals surface area contributed by atoms with E-state index in [-0.39, 0.29) is 52.7 Å². The molecule has 1 aliphatic carbocycles. The van der Waals surface area contributed by atoms with Crippen LogP contribution in [0.25, 0.3) is 0 Å². The molecule has 3 N–H and O–H groups in total. The Morgan fingerprint density at radius 1 is 1.21 bits per heavy atom. The molecule has 12 heteroatoms. The number of rotatable bonds is 13. The van der Waals surface area contributed by atoms with E-state index in [2.05, 4.69) is 24.9 Å². The molecule has 4 atom stereocenters. The van der Waals surface area contributed by atoms with Gasteiger partial charge in [0.1, 0.15) is 35.2 Å². The summed E-state index contributed by atoms with van der Waals surface area (Å²) in [4.78, 5) is 53.1. The molecule has 3 aliphatic rings. The monoisotopic (exact) mass is 694 g/mol. The second-order valence-electron chi connectivity index (χ2n) is 12.6. The lowest BCUT2D eigenvalue weighted by atomic mass is 9.73. The standard InChI is InChI=1S/C36H42N2O8S2/c1-5-6-7-9-22-15-27(39)30(26-14-21(4)11-12-25(26)20(2)3)28(16-22)46-36(44)45-18-23-19-48-34-31(33(41)38(34)32(23)35(42)43)37-29(40)17-24-10-8-13-47-24/h8,10,13-16,25-26,31,34,39H,2,5-7,9,11-12,17-19H2,1,3-4H3,(H,37,40)(H,42,43)/t25-,26+,31+,34?/m0/s1. The topological polar surface area (TPSA) is 142 Å². The summed E-state index contributed by atoms with van der Waals surface area (Å²) in [5.74, 6) is -2.00. The summed E-state index contributed by atoms with van der Waals surface area (Å²) in [6, 6.07) is 6.33. The molecule has 1 fully saturated rings. The van der Waals surface area contributed by atoms with Crippen molar-refractivity contribution >= 4 is 47.0 Å². The molecule has 10 nitrogen and oxygen atoms in total. The average Bonchev–Trinajstić information content (AvgIpc) is 3.55. The number of ether oxygens (including phenoxy) is 2. The van der Waals surface area contributed by atoms with Crippen LogP contribution >= 0.6 is 23.1 Å². The third-order valence-electron chi connectivity index (χ3n) is 9.00. The second-order valence-corrected chi connectivity index (χ2v) is 14.8. The van der Waals surface area contributed by atoms with E-state index in [1.54, 1.807) is 12.1 Å². The third kappa shape index (κ3) is 7.81. The number of hydrogen-bond donors (Lipinski definition) is 3. The Balaban J connectivity index is 1.32. The number of thioether (sulfide) groups is 1. The Morgan fingerprint density at radius 2 is 2.00 bits per heavy atom. The van der Waals surface area contributed by atoms with E-state index in [4.69, 9.17) is 9.47 Å². The summed E-state index contributed by atoms with van der Waals surface area (Å²) in [6.07, 6.45) is 6.59. The van der Waals surface area contributed by atoms with E-state index < -0.39 is 36.1 Å². The van der Waals surface area contributed by atoms with Crippen molar-refractivity contribution in [2.45, 2.75) is 83.1 Å². The quantitative estimate of drug-likeness (QED) is 0.0687. The van der Waals surface area contributed by atoms with Crippen molar-refractivity contribution in [1.29, 1.82) is 0 Å². The van der Waals surface area contributed by atoms with E-state index in [9.17, 15) is 29.4 Å². The number of carboxylic acid groups (broad SMARTS) is 1. The maximum atomic E-state index is 13.2. The Bertz CT molecular complexity index is 1650. The zero-order chi connectivity index (χ0) is 34.5. The van der Waals surface area contributed by atoms with Gasteiger partial charge >= 0.3 is 12.1 Å². The number of phenols is 1. The summed E-state index contributed by atoms with van der Waals surface area (Å²) >= 11 is 2.73. The van der Waals surface area contributed by atoms with Gasteiger partial charge in [-0.15, -0.1) is 23.1 Å². The van der Waals surface area contributed by atoms with Gasteiger partial charge in [0.15, 0.2) is 0 Å². The highest BCUT2D eigenvalue weighted by molar-refractivity contribution is 8.00. The van der Waals surface area contributed by atoms with Gasteiger partial charge in [-0.05, 0) is 74.6 Å². The lowest BCUT2D eigenvalue weighted by Crippen LogP contribution is -2.70. The number of aliphatic carboxylic acids is 1. The first kappa shape index (κ1) is 35.3. The SMILES string of the molecule is C=C(C)[C@@H]1CCC(C)=C[C@H]1c1c(O)cc(CCCCC)cc1OC(=O)OCC1=C(C(=O)O)N2C(=O)[C@@H](NC(=O)Cc3cccs3)C2SC1. The first-order valence-corrected chi connectivity index (χ1v) is 18.2. The van der Waals surface area contributed by atoms with Gasteiger partial charge in [0.25, 0.3) is 5.91 Å². The van der Waals surface area contributed by atoms with E-state index in [0.717, 1.165) is 53.0 Å². The van der Waals surface area contributed by atoms with E-state index >= 15 is 0 Å². The molecule has 0 bridgehead atoms. The zero-order valence-corrected chi connectivity index (χ0v) is 29.1. The number of carbonyl (C=O) groups excluding carboxylic acids is 3. The zero-order valence-electron chi connectivity index (χ0n) is 27.5. The number of aromatic hydroxyl groups is 1. The minimum Gasteiger partial charge on any atom is -0.507 e. The molecule has 1 saturated heterocycles. The highest BCUT2D eigenvalue weighted by Crippen LogP contribution is 2.47. The number of benzene rings is 1. The summed E-state index contributed by atoms with van der Waals surface area (Å²) in [5, 5.41) is 25.4. The lowest BCUT2D eigenvalue weighted by molar-refractivity contribution is -0.150. The van der Waals surface area contributed by atoms with Crippen LogP contribution in [0, 0.1) is 5.92 Å². The Hall–Kier alpha value is -4.03. The number of β-lactam (4-membered cyclic amide) rings is 1. The van der Waals surface area contributed by atoms with Crippen LogP contribution in [0.5, 0.6) is 11.5 Å². The van der Waals surface area contributed by atoms with Gasteiger partial charge in [-0.3, -0.25) is 14.5 Å². The van der Waals surface area contributed by atoms with Crippen LogP contribution in [0.15, 0.2) is 64.7 Å². The van der Waals surface area contributed by atoms with Gasteiger partial charge in [-0.2, -0.15) is 0 Å². The fraction of sp³-hybridized carbons (Fsp3) is 0.444. The molecule has 3 heterocycles. The molecule has 0 radical (unpaired) electrons. The maximum Gasteiger partial charge on any atom is 0.514 e. The Morgan fingerprint density at radius 3 is 2.69 bits per heavy atom. The second kappa shape index (κ2) is 15.5. The molecule has 2 aromatic rings. The number of unbranched alkanes of at least 4 members (excludes halogenated alkanes) is 2. The smallest absolute Gasteiger partial charge is 0.507 e. The number of allylic oxidation sites excluding steroid dienone is 3. The summed E-state index contributed by atoms with van der Waals surface area (Å²) in [7, 11) is 0. The van der Waals surface area contributed by atoms with Crippen LogP contribution in [-0.2, 0) is 32.0 Å². The molecule has 1 aromatic carbocycles. The maximum absolute atomic E-state index is 13.2. The van der Waals surface area contributed by atoms with Gasteiger partial charge in [0.2, 0.25) is 5.91 Å². The van der Waals surface area contributed by atoms with Crippen molar-refractivity contribution in [3.8, 4) is 11.5 Å². The molecule has 48 heavy (non-hydrogen) atoms. The Kier molecular flexibility index (Phi) is 11.4. The highest BCUT2D eigenvalue weighted by atomic mass is 32.2. The number of phenolic OH excluding ortho intramolecular Hbond substituents is 1. The van der Waals surface area contributed by atoms with Gasteiger partial charge < -0.3 is 25.0 Å². The predicted molar refractivity (Wildman–Crippen MR) is 185 cm³/mol. The molecule has 0 spiro atoms. The van der Waals surface area contributed by atoms with Gasteiger partial charge in [-0.1, -0.05) is 49.6 Å². The minimum absolute atomic E-state index is 0.0351. The van der Waals surface area contributed by atoms with Gasteiger partial charge in [-0.25, -0.2) is 9.59 Å². The van der Waals surface area contributed by atoms with Crippen LogP contribution in [0.2, 0.25) is 0 Å². The lowest BCUT2D eigenvalue weighted by Gasteiger charge is -2.49. The van der Waals surface area contributed by atoms with Crippen molar-refractivity contribution in [2.75, 3.05) is 12.4 Å². The number of nitrogens with zero attached hydrogens (tertiary/aromatic N) is 1. The number of aryl methyl sites for hydroxylation is 1. The first-order chi connectivity index (χ1) is 23.0. The molecular formula is C36H42N2O8S2. The van der Waals surface area contributed by atoms with Crippen molar-refractivity contribution in [2.24, 2.45) is 5.92 Å². The number of fused-ring (bicyclic) bond motifs is 1. The largest absolute Gasteiger partial charge is 0.514 e. The minimum atomic E-state index is -1.33. The van der Waals surface area contributed by atoms with Crippen molar-refractivity contribution in [1.82, 2.24) is 10.2 Å². The number of carbonyl (C=O) groups is 4. The van der Waals surface area contributed by atoms with Gasteiger partial charge in [0.05, 0.1) is 6.42 Å². The summed E-state index contributed by atoms with van der Waals surface area (Å²) in [6.45, 7) is 9.88. The van der Waals surface area contributed by atoms with Crippen LogP contribution < -0.4 is 10.1 Å². The van der Waals surface area contributed by atoms with Crippen LogP contribution in [0.4, 0.5) is 4.79 Å². The summed E-state index contributed by atoms with van der Waals surface area (Å²) in [5.41, 5.74) is 3.43. The van der Waals surface area contributed by atoms with Crippen molar-refractivity contribution in [3.05, 3.63) is 80.7 Å². The van der Waals surface area contributed by atoms with Crippen molar-refractivity contribution in [3.63, 3.8) is 0 Å². The summed E-state index contributed by atoms with van der Waals surface area (Å²) < 4.78 is 11.2. The number of carboxylic acids is 1. The van der Waals surface area contributed by atoms with Crippen molar-refractivity contribution < 1.29 is 38.9 Å². The fourth-order valence-corrected chi connectivity index (χ4v) is 8.60. The highest BCUT2D eigenvalue weighted by Gasteiger charge is 2.54. The number of nitrogens with one attached hydrogen (secondary N) is 1. The molecule has 5 rings (SSSR count). The van der Waals surface area contributed by atoms with E-state index in [1.165, 1.54) is 28.7 Å².